The first-order chi connectivity index (χ1) is 7.13. The maximum atomic E-state index is 10.9. The highest BCUT2D eigenvalue weighted by Crippen LogP contribution is 2.30. The van der Waals surface area contributed by atoms with E-state index >= 15 is 0 Å². The lowest BCUT2D eigenvalue weighted by molar-refractivity contribution is -0.132. The molecule has 1 heterocycles. The molecule has 0 spiro atoms. The average Bonchev–Trinajstić information content (AvgIpc) is 2.56. The number of ether oxygens (including phenoxy) is 1. The van der Waals surface area contributed by atoms with E-state index < -0.39 is 5.97 Å². The van der Waals surface area contributed by atoms with Gasteiger partial charge < -0.3 is 9.84 Å². The molecule has 0 saturated carbocycles. The Bertz CT molecular complexity index is 452. The molecule has 0 aromatic heterocycles. The van der Waals surface area contributed by atoms with Crippen molar-refractivity contribution in [2.45, 2.75) is 13.3 Å². The smallest absolute Gasteiger partial charge is 0.354 e. The Balaban J connectivity index is 2.43. The SMILES string of the molecule is COC1=CCC2=NC(C(=O)O)=C(C)C2=C1. The van der Waals surface area contributed by atoms with Crippen molar-refractivity contribution in [3.05, 3.63) is 34.8 Å². The first kappa shape index (κ1) is 9.71. The van der Waals surface area contributed by atoms with E-state index in [1.54, 1.807) is 14.0 Å². The van der Waals surface area contributed by atoms with Crippen molar-refractivity contribution in [2.75, 3.05) is 7.11 Å². The van der Waals surface area contributed by atoms with Crippen molar-refractivity contribution in [3.8, 4) is 0 Å². The fraction of sp³-hybridized carbons (Fsp3) is 0.273. The van der Waals surface area contributed by atoms with Gasteiger partial charge in [0.05, 0.1) is 12.8 Å². The molecule has 0 fully saturated rings. The average molecular weight is 205 g/mol. The summed E-state index contributed by atoms with van der Waals surface area (Å²) in [6, 6.07) is 0. The molecule has 0 saturated heterocycles. The van der Waals surface area contributed by atoms with Crippen LogP contribution >= 0.6 is 0 Å². The number of nitrogens with zero attached hydrogens (tertiary/aromatic N) is 1. The van der Waals surface area contributed by atoms with Gasteiger partial charge in [0, 0.05) is 12.0 Å². The van der Waals surface area contributed by atoms with Gasteiger partial charge in [0.2, 0.25) is 0 Å². The first-order valence-corrected chi connectivity index (χ1v) is 4.62. The van der Waals surface area contributed by atoms with E-state index in [0.29, 0.717) is 12.0 Å². The van der Waals surface area contributed by atoms with Gasteiger partial charge in [0.15, 0.2) is 5.70 Å². The summed E-state index contributed by atoms with van der Waals surface area (Å²) >= 11 is 0. The molecule has 2 rings (SSSR count). The fourth-order valence-corrected chi connectivity index (χ4v) is 1.72. The first-order valence-electron chi connectivity index (χ1n) is 4.62. The van der Waals surface area contributed by atoms with Crippen LogP contribution in [-0.4, -0.2) is 23.9 Å². The molecule has 1 aliphatic heterocycles. The van der Waals surface area contributed by atoms with Crippen LogP contribution < -0.4 is 0 Å². The summed E-state index contributed by atoms with van der Waals surface area (Å²) in [4.78, 5) is 15.0. The Morgan fingerprint density at radius 1 is 1.60 bits per heavy atom. The number of hydrogen-bond donors (Lipinski definition) is 1. The lowest BCUT2D eigenvalue weighted by atomic mass is 9.97. The third-order valence-electron chi connectivity index (χ3n) is 2.54. The Hall–Kier alpha value is -1.84. The van der Waals surface area contributed by atoms with Crippen LogP contribution in [0.5, 0.6) is 0 Å². The maximum Gasteiger partial charge on any atom is 0.354 e. The van der Waals surface area contributed by atoms with Gasteiger partial charge in [-0.3, -0.25) is 0 Å². The van der Waals surface area contributed by atoms with Crippen molar-refractivity contribution in [3.63, 3.8) is 0 Å². The van der Waals surface area contributed by atoms with Crippen LogP contribution in [0.4, 0.5) is 0 Å². The topological polar surface area (TPSA) is 58.9 Å². The second kappa shape index (κ2) is 3.38. The predicted molar refractivity (Wildman–Crippen MR) is 55.6 cm³/mol. The van der Waals surface area contributed by atoms with Gasteiger partial charge in [-0.15, -0.1) is 0 Å². The Labute approximate surface area is 87.3 Å². The number of hydrogen-bond acceptors (Lipinski definition) is 3. The second-order valence-corrected chi connectivity index (χ2v) is 3.41. The molecule has 15 heavy (non-hydrogen) atoms. The summed E-state index contributed by atoms with van der Waals surface area (Å²) in [7, 11) is 1.59. The van der Waals surface area contributed by atoms with Gasteiger partial charge >= 0.3 is 5.97 Å². The number of carbonyl (C=O) groups is 1. The highest BCUT2D eigenvalue weighted by molar-refractivity contribution is 6.13. The molecule has 1 N–H and O–H groups in total. The minimum Gasteiger partial charge on any atom is -0.497 e. The minimum absolute atomic E-state index is 0.141. The summed E-state index contributed by atoms with van der Waals surface area (Å²) in [5, 5.41) is 8.91. The van der Waals surface area contributed by atoms with Crippen LogP contribution in [0.2, 0.25) is 0 Å². The zero-order chi connectivity index (χ0) is 11.0. The molecule has 1 aliphatic carbocycles. The van der Waals surface area contributed by atoms with E-state index in [9.17, 15) is 4.79 Å². The lowest BCUT2D eigenvalue weighted by Gasteiger charge is -2.11. The number of rotatable bonds is 2. The van der Waals surface area contributed by atoms with E-state index in [1.807, 2.05) is 12.2 Å². The van der Waals surface area contributed by atoms with Crippen LogP contribution in [0.3, 0.4) is 0 Å². The van der Waals surface area contributed by atoms with Crippen LogP contribution in [0.15, 0.2) is 39.7 Å². The number of carboxylic acid groups (broad SMARTS) is 1. The molecule has 0 unspecified atom stereocenters. The summed E-state index contributed by atoms with van der Waals surface area (Å²) in [5.74, 6) is -0.218. The molecule has 2 aliphatic rings. The van der Waals surface area contributed by atoms with Gasteiger partial charge in [-0.2, -0.15) is 0 Å². The third kappa shape index (κ3) is 1.48. The van der Waals surface area contributed by atoms with Crippen molar-refractivity contribution >= 4 is 11.7 Å². The molecule has 0 bridgehead atoms. The van der Waals surface area contributed by atoms with Crippen molar-refractivity contribution < 1.29 is 14.6 Å². The molecule has 0 radical (unpaired) electrons. The molecular formula is C11H11NO3. The Kier molecular flexibility index (Phi) is 2.19. The van der Waals surface area contributed by atoms with Gasteiger partial charge in [0.1, 0.15) is 5.76 Å². The molecule has 0 aromatic carbocycles. The van der Waals surface area contributed by atoms with Crippen LogP contribution in [0.1, 0.15) is 13.3 Å². The van der Waals surface area contributed by atoms with E-state index in [4.69, 9.17) is 9.84 Å². The standard InChI is InChI=1S/C11H11NO3/c1-6-8-5-7(15-2)3-4-9(8)12-10(6)11(13)14/h3,5H,4H2,1-2H3,(H,13,14). The number of carboxylic acids is 1. The highest BCUT2D eigenvalue weighted by Gasteiger charge is 2.26. The Morgan fingerprint density at radius 2 is 2.33 bits per heavy atom. The van der Waals surface area contributed by atoms with Crippen molar-refractivity contribution in [1.29, 1.82) is 0 Å². The summed E-state index contributed by atoms with van der Waals surface area (Å²) in [5.41, 5.74) is 2.54. The molecule has 4 nitrogen and oxygen atoms in total. The van der Waals surface area contributed by atoms with E-state index in [-0.39, 0.29) is 5.70 Å². The molecule has 0 aromatic rings. The van der Waals surface area contributed by atoms with Gasteiger partial charge in [-0.25, -0.2) is 9.79 Å². The lowest BCUT2D eigenvalue weighted by Crippen LogP contribution is -2.04. The molecular weight excluding hydrogens is 194 g/mol. The third-order valence-corrected chi connectivity index (χ3v) is 2.54. The largest absolute Gasteiger partial charge is 0.497 e. The maximum absolute atomic E-state index is 10.9. The van der Waals surface area contributed by atoms with Gasteiger partial charge in [0.25, 0.3) is 0 Å². The Morgan fingerprint density at radius 3 is 2.93 bits per heavy atom. The van der Waals surface area contributed by atoms with Crippen molar-refractivity contribution in [2.24, 2.45) is 4.99 Å². The van der Waals surface area contributed by atoms with Crippen molar-refractivity contribution in [1.82, 2.24) is 0 Å². The number of aliphatic imine (C=N–C) groups is 1. The minimum atomic E-state index is -0.978. The quantitative estimate of drug-likeness (QED) is 0.745. The number of aliphatic carboxylic acids is 1. The molecule has 0 atom stereocenters. The zero-order valence-corrected chi connectivity index (χ0v) is 8.57. The summed E-state index contributed by atoms with van der Waals surface area (Å²) in [6.45, 7) is 1.77. The normalized spacial score (nSPS) is 19.2. The number of allylic oxidation sites excluding steroid dienone is 4. The van der Waals surface area contributed by atoms with E-state index in [0.717, 1.165) is 17.0 Å². The molecule has 0 amide bonds. The van der Waals surface area contributed by atoms with E-state index in [2.05, 4.69) is 4.99 Å². The van der Waals surface area contributed by atoms with Gasteiger partial charge in [-0.05, 0) is 24.6 Å². The fourth-order valence-electron chi connectivity index (χ4n) is 1.72. The number of methoxy groups -OCH3 is 1. The van der Waals surface area contributed by atoms with Crippen LogP contribution in [-0.2, 0) is 9.53 Å². The summed E-state index contributed by atoms with van der Waals surface area (Å²) in [6.07, 6.45) is 4.34. The zero-order valence-electron chi connectivity index (χ0n) is 8.57. The van der Waals surface area contributed by atoms with Crippen LogP contribution in [0, 0.1) is 0 Å². The highest BCUT2D eigenvalue weighted by atomic mass is 16.5. The predicted octanol–water partition coefficient (Wildman–Crippen LogP) is 1.66. The second-order valence-electron chi connectivity index (χ2n) is 3.41. The monoisotopic (exact) mass is 205 g/mol. The van der Waals surface area contributed by atoms with Gasteiger partial charge in [-0.1, -0.05) is 0 Å². The van der Waals surface area contributed by atoms with Crippen LogP contribution in [0.25, 0.3) is 0 Å². The molecule has 78 valence electrons. The van der Waals surface area contributed by atoms with E-state index in [1.165, 1.54) is 0 Å². The molecule has 4 heteroatoms. The summed E-state index contributed by atoms with van der Waals surface area (Å²) < 4.78 is 5.10. The number of fused-ring (bicyclic) bond motifs is 1.